The van der Waals surface area contributed by atoms with Gasteiger partial charge in [0.05, 0.1) is 11.4 Å². The van der Waals surface area contributed by atoms with Crippen LogP contribution in [0.1, 0.15) is 0 Å². The normalized spacial score (nSPS) is 11.3. The van der Waals surface area contributed by atoms with E-state index in [9.17, 15) is 0 Å². The average molecular weight is 558 g/mol. The lowest BCUT2D eigenvalue weighted by atomic mass is 10.1. The molecule has 0 aliphatic heterocycles. The van der Waals surface area contributed by atoms with Crippen LogP contribution in [0.5, 0.6) is 0 Å². The summed E-state index contributed by atoms with van der Waals surface area (Å²) in [5, 5.41) is 5.28. The average Bonchev–Trinajstić information content (AvgIpc) is 3.54. The lowest BCUT2D eigenvalue weighted by molar-refractivity contribution is 1.31. The van der Waals surface area contributed by atoms with Crippen molar-refractivity contribution < 1.29 is 0 Å². The van der Waals surface area contributed by atoms with Crippen LogP contribution in [0.15, 0.2) is 176 Å². The molecule has 200 valence electrons. The Morgan fingerprint density at radius 2 is 0.786 bits per heavy atom. The highest BCUT2D eigenvalue weighted by molar-refractivity contribution is 8.01. The van der Waals surface area contributed by atoms with E-state index in [1.165, 1.54) is 21.2 Å². The summed E-state index contributed by atoms with van der Waals surface area (Å²) in [5.74, 6) is 0.863. The molecule has 0 atom stereocenters. The predicted octanol–water partition coefficient (Wildman–Crippen LogP) is 8.03. The molecule has 0 unspecified atom stereocenters. The minimum Gasteiger partial charge on any atom is -0.337 e. The number of aromatic nitrogens is 2. The molecule has 1 aromatic heterocycles. The summed E-state index contributed by atoms with van der Waals surface area (Å²) in [4.78, 5) is 8.94. The molecular formula is C39H30N2P+. The maximum Gasteiger partial charge on any atom is 0.144 e. The SMILES string of the molecule is c1ccc(-c2nc(-c3cccc([P+](c4ccccc4)(c4ccccc4)c4ccccc4)c3)[nH]c2-c2ccccc2)cc1. The molecule has 0 fully saturated rings. The number of benzene rings is 6. The third kappa shape index (κ3) is 4.67. The van der Waals surface area contributed by atoms with Crippen molar-refractivity contribution in [1.29, 1.82) is 0 Å². The van der Waals surface area contributed by atoms with E-state index in [-0.39, 0.29) is 0 Å². The van der Waals surface area contributed by atoms with Crippen molar-refractivity contribution in [2.45, 2.75) is 0 Å². The molecule has 2 nitrogen and oxygen atoms in total. The van der Waals surface area contributed by atoms with E-state index in [2.05, 4.69) is 169 Å². The molecule has 0 aliphatic carbocycles. The first-order valence-electron chi connectivity index (χ1n) is 14.2. The quantitative estimate of drug-likeness (QED) is 0.198. The molecule has 0 aliphatic rings. The molecule has 6 aromatic carbocycles. The van der Waals surface area contributed by atoms with Crippen molar-refractivity contribution in [3.63, 3.8) is 0 Å². The maximum atomic E-state index is 5.23. The zero-order valence-corrected chi connectivity index (χ0v) is 24.0. The lowest BCUT2D eigenvalue weighted by Crippen LogP contribution is -2.38. The van der Waals surface area contributed by atoms with Gasteiger partial charge in [-0.2, -0.15) is 0 Å². The molecule has 7 rings (SSSR count). The van der Waals surface area contributed by atoms with Crippen molar-refractivity contribution in [3.05, 3.63) is 176 Å². The largest absolute Gasteiger partial charge is 0.337 e. The van der Waals surface area contributed by atoms with Crippen molar-refractivity contribution in [1.82, 2.24) is 9.97 Å². The summed E-state index contributed by atoms with van der Waals surface area (Å²) >= 11 is 0. The van der Waals surface area contributed by atoms with Crippen LogP contribution in [0.3, 0.4) is 0 Å². The molecule has 0 amide bonds. The zero-order chi connectivity index (χ0) is 28.2. The second-order valence-corrected chi connectivity index (χ2v) is 13.7. The Morgan fingerprint density at radius 1 is 0.381 bits per heavy atom. The van der Waals surface area contributed by atoms with Crippen molar-refractivity contribution >= 4 is 28.5 Å². The van der Waals surface area contributed by atoms with Crippen molar-refractivity contribution in [2.75, 3.05) is 0 Å². The summed E-state index contributed by atoms with van der Waals surface area (Å²) in [7, 11) is -2.22. The van der Waals surface area contributed by atoms with Crippen LogP contribution in [-0.4, -0.2) is 9.97 Å². The van der Waals surface area contributed by atoms with Gasteiger partial charge in [0.25, 0.3) is 0 Å². The first kappa shape index (κ1) is 25.9. The predicted molar refractivity (Wildman–Crippen MR) is 180 cm³/mol. The summed E-state index contributed by atoms with van der Waals surface area (Å²) in [5.41, 5.74) is 5.26. The zero-order valence-electron chi connectivity index (χ0n) is 23.1. The van der Waals surface area contributed by atoms with Gasteiger partial charge in [-0.15, -0.1) is 0 Å². The van der Waals surface area contributed by atoms with Gasteiger partial charge in [-0.25, -0.2) is 4.98 Å². The number of nitrogens with zero attached hydrogens (tertiary/aromatic N) is 1. The van der Waals surface area contributed by atoms with Crippen LogP contribution >= 0.6 is 7.26 Å². The fourth-order valence-corrected chi connectivity index (χ4v) is 10.1. The Kier molecular flexibility index (Phi) is 7.06. The van der Waals surface area contributed by atoms with Crippen LogP contribution in [0, 0.1) is 0 Å². The van der Waals surface area contributed by atoms with Crippen LogP contribution in [-0.2, 0) is 0 Å². The van der Waals surface area contributed by atoms with Crippen LogP contribution < -0.4 is 21.2 Å². The molecule has 7 aromatic rings. The molecule has 1 N–H and O–H groups in total. The summed E-state index contributed by atoms with van der Waals surface area (Å²) in [6.07, 6.45) is 0. The number of rotatable bonds is 7. The summed E-state index contributed by atoms with van der Waals surface area (Å²) in [6.45, 7) is 0. The Hall–Kier alpha value is -5.04. The number of H-pyrrole nitrogens is 1. The number of aromatic amines is 1. The van der Waals surface area contributed by atoms with E-state index in [1.54, 1.807) is 0 Å². The van der Waals surface area contributed by atoms with Gasteiger partial charge in [0.2, 0.25) is 0 Å². The Bertz CT molecular complexity index is 1750. The second-order valence-electron chi connectivity index (χ2n) is 10.3. The Morgan fingerprint density at radius 3 is 1.29 bits per heavy atom. The lowest BCUT2D eigenvalue weighted by Gasteiger charge is -2.27. The van der Waals surface area contributed by atoms with Gasteiger partial charge in [-0.1, -0.05) is 127 Å². The highest BCUT2D eigenvalue weighted by Gasteiger charge is 2.47. The first-order chi connectivity index (χ1) is 20.8. The van der Waals surface area contributed by atoms with Crippen molar-refractivity contribution in [2.24, 2.45) is 0 Å². The fraction of sp³-hybridized carbons (Fsp3) is 0. The van der Waals surface area contributed by atoms with Gasteiger partial charge in [0.1, 0.15) is 34.3 Å². The topological polar surface area (TPSA) is 28.7 Å². The minimum absolute atomic E-state index is 0.863. The standard InChI is InChI=1S/C39H30N2P/c1-6-17-30(18-7-1)37-38(31-19-8-2-9-20-31)41-39(40-37)32-21-16-28-36(29-32)42(33-22-10-3-11-23-33,34-24-12-4-13-25-34)35-26-14-5-15-27-35/h1-29H,(H,40,41)/q+1. The molecule has 0 bridgehead atoms. The molecule has 0 saturated heterocycles. The molecular weight excluding hydrogens is 527 g/mol. The van der Waals surface area contributed by atoms with Gasteiger partial charge in [-0.05, 0) is 48.5 Å². The van der Waals surface area contributed by atoms with Gasteiger partial charge < -0.3 is 4.98 Å². The van der Waals surface area contributed by atoms with Gasteiger partial charge in [0, 0.05) is 16.7 Å². The van der Waals surface area contributed by atoms with Crippen LogP contribution in [0.4, 0.5) is 0 Å². The number of nitrogens with one attached hydrogen (secondary N) is 1. The Balaban J connectivity index is 1.47. The third-order valence-electron chi connectivity index (χ3n) is 7.75. The van der Waals surface area contributed by atoms with Crippen molar-refractivity contribution in [3.8, 4) is 33.9 Å². The maximum absolute atomic E-state index is 5.23. The number of hydrogen-bond donors (Lipinski definition) is 1. The minimum atomic E-state index is -2.22. The van der Waals surface area contributed by atoms with E-state index in [0.29, 0.717) is 0 Å². The first-order valence-corrected chi connectivity index (χ1v) is 16.0. The van der Waals surface area contributed by atoms with E-state index in [0.717, 1.165) is 33.9 Å². The highest BCUT2D eigenvalue weighted by atomic mass is 31.2. The smallest absolute Gasteiger partial charge is 0.144 e. The molecule has 0 spiro atoms. The summed E-state index contributed by atoms with van der Waals surface area (Å²) < 4.78 is 0. The van der Waals surface area contributed by atoms with E-state index >= 15 is 0 Å². The second kappa shape index (κ2) is 11.4. The van der Waals surface area contributed by atoms with Crippen LogP contribution in [0.25, 0.3) is 33.9 Å². The van der Waals surface area contributed by atoms with E-state index in [1.807, 2.05) is 12.1 Å². The molecule has 0 radical (unpaired) electrons. The van der Waals surface area contributed by atoms with E-state index in [4.69, 9.17) is 4.98 Å². The third-order valence-corrected chi connectivity index (χ3v) is 12.0. The van der Waals surface area contributed by atoms with E-state index < -0.39 is 7.26 Å². The van der Waals surface area contributed by atoms with Gasteiger partial charge in [-0.3, -0.25) is 0 Å². The molecule has 3 heteroatoms. The number of imidazole rings is 1. The van der Waals surface area contributed by atoms with Gasteiger partial charge >= 0.3 is 0 Å². The monoisotopic (exact) mass is 557 g/mol. The fourth-order valence-electron chi connectivity index (χ4n) is 5.84. The Labute approximate surface area is 247 Å². The summed E-state index contributed by atoms with van der Waals surface area (Å²) in [6, 6.07) is 62.9. The highest BCUT2D eigenvalue weighted by Crippen LogP contribution is 2.54. The number of hydrogen-bond acceptors (Lipinski definition) is 1. The van der Waals surface area contributed by atoms with Gasteiger partial charge in [0.15, 0.2) is 0 Å². The molecule has 1 heterocycles. The molecule has 42 heavy (non-hydrogen) atoms. The van der Waals surface area contributed by atoms with Crippen LogP contribution in [0.2, 0.25) is 0 Å². The molecule has 0 saturated carbocycles.